The third-order valence-electron chi connectivity index (χ3n) is 4.34. The molecule has 3 nitrogen and oxygen atoms in total. The molecule has 6 heteroatoms. The van der Waals surface area contributed by atoms with Gasteiger partial charge in [-0.3, -0.25) is 4.31 Å². The Morgan fingerprint density at radius 2 is 1.59 bits per heavy atom. The van der Waals surface area contributed by atoms with Crippen LogP contribution in [-0.2, 0) is 16.6 Å². The average molecular weight is 404 g/mol. The number of benzene rings is 3. The summed E-state index contributed by atoms with van der Waals surface area (Å²) in [5, 5.41) is 0.367. The standard InChI is InChI=1S/C21H19ClFNO2S/c1-15-9-11-19(13-20(15)22)27(25,26)24(14-17-6-4-3-5-7-17)18-10-8-16(2)21(23)12-18/h3-13H,14H2,1-2H3. The maximum atomic E-state index is 14.1. The van der Waals surface area contributed by atoms with Gasteiger partial charge in [0.05, 0.1) is 17.1 Å². The summed E-state index contributed by atoms with van der Waals surface area (Å²) in [5.74, 6) is -0.456. The molecule has 0 saturated carbocycles. The van der Waals surface area contributed by atoms with Gasteiger partial charge in [0.1, 0.15) is 5.82 Å². The number of halogens is 2. The summed E-state index contributed by atoms with van der Waals surface area (Å²) in [4.78, 5) is 0.0648. The van der Waals surface area contributed by atoms with E-state index in [4.69, 9.17) is 11.6 Å². The van der Waals surface area contributed by atoms with E-state index in [1.807, 2.05) is 30.3 Å². The molecule has 3 rings (SSSR count). The maximum absolute atomic E-state index is 14.1. The first-order valence-corrected chi connectivity index (χ1v) is 10.2. The van der Waals surface area contributed by atoms with Gasteiger partial charge in [0, 0.05) is 5.02 Å². The zero-order valence-corrected chi connectivity index (χ0v) is 16.6. The molecule has 3 aromatic carbocycles. The van der Waals surface area contributed by atoms with Crippen LogP contribution >= 0.6 is 11.6 Å². The van der Waals surface area contributed by atoms with Crippen molar-refractivity contribution in [3.05, 3.63) is 94.3 Å². The quantitative estimate of drug-likeness (QED) is 0.564. The Balaban J connectivity index is 2.12. The Kier molecular flexibility index (Phi) is 5.53. The molecular formula is C21H19ClFNO2S. The summed E-state index contributed by atoms with van der Waals surface area (Å²) in [5.41, 5.74) is 2.29. The molecule has 0 aliphatic rings. The Bertz CT molecular complexity index is 1070. The third kappa shape index (κ3) is 4.15. The highest BCUT2D eigenvalue weighted by Gasteiger charge is 2.26. The van der Waals surface area contributed by atoms with E-state index in [-0.39, 0.29) is 17.1 Å². The smallest absolute Gasteiger partial charge is 0.262 e. The Morgan fingerprint density at radius 1 is 0.926 bits per heavy atom. The number of hydrogen-bond donors (Lipinski definition) is 0. The van der Waals surface area contributed by atoms with Crippen LogP contribution in [0.3, 0.4) is 0 Å². The first-order chi connectivity index (χ1) is 12.8. The molecule has 3 aromatic rings. The lowest BCUT2D eigenvalue weighted by Crippen LogP contribution is -2.30. The van der Waals surface area contributed by atoms with Crippen LogP contribution in [0.4, 0.5) is 10.1 Å². The highest BCUT2D eigenvalue weighted by atomic mass is 35.5. The molecule has 0 aliphatic carbocycles. The van der Waals surface area contributed by atoms with Crippen molar-refractivity contribution in [3.63, 3.8) is 0 Å². The van der Waals surface area contributed by atoms with Gasteiger partial charge in [-0.25, -0.2) is 12.8 Å². The summed E-state index contributed by atoms with van der Waals surface area (Å²) in [6.07, 6.45) is 0. The first kappa shape index (κ1) is 19.4. The number of rotatable bonds is 5. The molecular weight excluding hydrogens is 385 g/mol. The minimum atomic E-state index is -3.94. The van der Waals surface area contributed by atoms with Gasteiger partial charge in [0.2, 0.25) is 0 Å². The lowest BCUT2D eigenvalue weighted by atomic mass is 10.2. The summed E-state index contributed by atoms with van der Waals surface area (Å²) >= 11 is 6.13. The zero-order valence-electron chi connectivity index (χ0n) is 15.0. The third-order valence-corrected chi connectivity index (χ3v) is 6.52. The van der Waals surface area contributed by atoms with Gasteiger partial charge in [0.25, 0.3) is 10.0 Å². The van der Waals surface area contributed by atoms with Crippen molar-refractivity contribution in [1.29, 1.82) is 0 Å². The lowest BCUT2D eigenvalue weighted by molar-refractivity contribution is 0.589. The topological polar surface area (TPSA) is 37.4 Å². The fourth-order valence-electron chi connectivity index (χ4n) is 2.66. The van der Waals surface area contributed by atoms with Crippen molar-refractivity contribution in [3.8, 4) is 0 Å². The lowest BCUT2D eigenvalue weighted by Gasteiger charge is -2.25. The number of sulfonamides is 1. The van der Waals surface area contributed by atoms with Crippen LogP contribution in [0.2, 0.25) is 5.02 Å². The van der Waals surface area contributed by atoms with Gasteiger partial charge < -0.3 is 0 Å². The van der Waals surface area contributed by atoms with Crippen molar-refractivity contribution in [2.75, 3.05) is 4.31 Å². The molecule has 140 valence electrons. The van der Waals surface area contributed by atoms with E-state index in [1.165, 1.54) is 22.5 Å². The SMILES string of the molecule is Cc1ccc(N(Cc2ccccc2)S(=O)(=O)c2ccc(C)c(Cl)c2)cc1F. The summed E-state index contributed by atoms with van der Waals surface area (Å²) in [6.45, 7) is 3.52. The van der Waals surface area contributed by atoms with E-state index in [9.17, 15) is 12.8 Å². The van der Waals surface area contributed by atoms with Gasteiger partial charge in [-0.1, -0.05) is 54.1 Å². The molecule has 0 unspecified atom stereocenters. The van der Waals surface area contributed by atoms with Crippen LogP contribution in [0.1, 0.15) is 16.7 Å². The average Bonchev–Trinajstić information content (AvgIpc) is 2.65. The van der Waals surface area contributed by atoms with E-state index in [0.29, 0.717) is 10.6 Å². The van der Waals surface area contributed by atoms with Crippen molar-refractivity contribution < 1.29 is 12.8 Å². The zero-order chi connectivity index (χ0) is 19.6. The molecule has 0 amide bonds. The van der Waals surface area contributed by atoms with E-state index < -0.39 is 15.8 Å². The van der Waals surface area contributed by atoms with Gasteiger partial charge in [-0.05, 0) is 54.8 Å². The van der Waals surface area contributed by atoms with E-state index in [0.717, 1.165) is 11.1 Å². The molecule has 0 aromatic heterocycles. The second-order valence-corrected chi connectivity index (χ2v) is 8.61. The van der Waals surface area contributed by atoms with E-state index in [2.05, 4.69) is 0 Å². The molecule has 0 fully saturated rings. The van der Waals surface area contributed by atoms with Gasteiger partial charge in [-0.2, -0.15) is 0 Å². The minimum Gasteiger partial charge on any atom is -0.262 e. The second-order valence-electron chi connectivity index (χ2n) is 6.34. The Hall–Kier alpha value is -2.37. The minimum absolute atomic E-state index is 0.0648. The van der Waals surface area contributed by atoms with Gasteiger partial charge >= 0.3 is 0 Å². The summed E-state index contributed by atoms with van der Waals surface area (Å²) in [7, 11) is -3.94. The van der Waals surface area contributed by atoms with Crippen LogP contribution in [0.25, 0.3) is 0 Å². The van der Waals surface area contributed by atoms with Crippen LogP contribution in [0.15, 0.2) is 71.6 Å². The second kappa shape index (κ2) is 7.71. The van der Waals surface area contributed by atoms with Crippen molar-refractivity contribution in [1.82, 2.24) is 0 Å². The Labute approximate surface area is 164 Å². The normalized spacial score (nSPS) is 11.4. The predicted molar refractivity (Wildman–Crippen MR) is 107 cm³/mol. The number of aryl methyl sites for hydroxylation is 2. The van der Waals surface area contributed by atoms with Crippen molar-refractivity contribution in [2.24, 2.45) is 0 Å². The van der Waals surface area contributed by atoms with Crippen LogP contribution in [0, 0.1) is 19.7 Å². The molecule has 0 bridgehead atoms. The molecule has 0 spiro atoms. The largest absolute Gasteiger partial charge is 0.264 e. The van der Waals surface area contributed by atoms with Gasteiger partial charge in [-0.15, -0.1) is 0 Å². The maximum Gasteiger partial charge on any atom is 0.264 e. The van der Waals surface area contributed by atoms with Crippen LogP contribution < -0.4 is 4.31 Å². The molecule has 0 N–H and O–H groups in total. The fraction of sp³-hybridized carbons (Fsp3) is 0.143. The molecule has 0 saturated heterocycles. The van der Waals surface area contributed by atoms with Crippen molar-refractivity contribution in [2.45, 2.75) is 25.3 Å². The monoisotopic (exact) mass is 403 g/mol. The van der Waals surface area contributed by atoms with E-state index in [1.54, 1.807) is 32.0 Å². The first-order valence-electron chi connectivity index (χ1n) is 8.38. The molecule has 0 atom stereocenters. The highest BCUT2D eigenvalue weighted by molar-refractivity contribution is 7.92. The predicted octanol–water partition coefficient (Wildman–Crippen LogP) is 5.49. The van der Waals surface area contributed by atoms with Crippen LogP contribution in [-0.4, -0.2) is 8.42 Å². The number of hydrogen-bond acceptors (Lipinski definition) is 2. The number of nitrogens with zero attached hydrogens (tertiary/aromatic N) is 1. The fourth-order valence-corrected chi connectivity index (χ4v) is 4.38. The highest BCUT2D eigenvalue weighted by Crippen LogP contribution is 2.29. The summed E-state index contributed by atoms with van der Waals surface area (Å²) in [6, 6.07) is 18.2. The molecule has 0 aliphatic heterocycles. The van der Waals surface area contributed by atoms with Gasteiger partial charge in [0.15, 0.2) is 0 Å². The molecule has 27 heavy (non-hydrogen) atoms. The Morgan fingerprint density at radius 3 is 2.22 bits per heavy atom. The van der Waals surface area contributed by atoms with Crippen LogP contribution in [0.5, 0.6) is 0 Å². The van der Waals surface area contributed by atoms with Crippen molar-refractivity contribution >= 4 is 27.3 Å². The number of anilines is 1. The molecule has 0 radical (unpaired) electrons. The summed E-state index contributed by atoms with van der Waals surface area (Å²) < 4.78 is 42.0. The molecule has 0 heterocycles. The van der Waals surface area contributed by atoms with E-state index >= 15 is 0 Å².